The van der Waals surface area contributed by atoms with E-state index in [0.29, 0.717) is 10.7 Å². The van der Waals surface area contributed by atoms with Gasteiger partial charge in [-0.3, -0.25) is 9.62 Å². The zero-order chi connectivity index (χ0) is 15.3. The van der Waals surface area contributed by atoms with Crippen molar-refractivity contribution in [3.63, 3.8) is 0 Å². The first-order valence-electron chi connectivity index (χ1n) is 5.04. The highest BCUT2D eigenvalue weighted by atomic mass is 35.5. The molecule has 0 aromatic heterocycles. The molecule has 0 aliphatic rings. The van der Waals surface area contributed by atoms with E-state index in [-0.39, 0.29) is 11.9 Å². The first kappa shape index (κ1) is 17.2. The van der Waals surface area contributed by atoms with Crippen molar-refractivity contribution < 1.29 is 14.0 Å². The molecule has 0 bridgehead atoms. The third kappa shape index (κ3) is 6.51. The summed E-state index contributed by atoms with van der Waals surface area (Å²) in [4.78, 5) is 23.0. The Morgan fingerprint density at radius 3 is 2.35 bits per heavy atom. The highest BCUT2D eigenvalue weighted by Gasteiger charge is 2.29. The van der Waals surface area contributed by atoms with Gasteiger partial charge in [0, 0.05) is 29.7 Å². The van der Waals surface area contributed by atoms with Gasteiger partial charge in [-0.05, 0) is 24.3 Å². The van der Waals surface area contributed by atoms with Crippen molar-refractivity contribution in [2.75, 3.05) is 12.4 Å². The van der Waals surface area contributed by atoms with E-state index in [2.05, 4.69) is 5.32 Å². The van der Waals surface area contributed by atoms with Gasteiger partial charge in [0.2, 0.25) is 0 Å². The molecule has 1 rings (SSSR count). The molecule has 2 N–H and O–H groups in total. The SMILES string of the molecule is CN(SC(F)(Cl)Cl)C(=O)NC(=O)Nc1ccc(Cl)cc1. The van der Waals surface area contributed by atoms with Crippen LogP contribution < -0.4 is 10.6 Å². The summed E-state index contributed by atoms with van der Waals surface area (Å²) >= 11 is 16.0. The minimum Gasteiger partial charge on any atom is -0.308 e. The number of urea groups is 2. The first-order valence-corrected chi connectivity index (χ1v) is 6.95. The van der Waals surface area contributed by atoms with E-state index in [9.17, 15) is 14.0 Å². The molecule has 0 aliphatic heterocycles. The number of imide groups is 1. The number of alkyl halides is 3. The average molecular weight is 361 g/mol. The van der Waals surface area contributed by atoms with E-state index in [1.54, 1.807) is 24.3 Å². The van der Waals surface area contributed by atoms with Crippen LogP contribution in [-0.4, -0.2) is 27.3 Å². The fourth-order valence-corrected chi connectivity index (χ4v) is 2.25. The molecule has 10 heteroatoms. The predicted molar refractivity (Wildman–Crippen MR) is 79.9 cm³/mol. The number of hydrogen-bond acceptors (Lipinski definition) is 3. The van der Waals surface area contributed by atoms with Gasteiger partial charge in [-0.25, -0.2) is 9.59 Å². The predicted octanol–water partition coefficient (Wildman–Crippen LogP) is 4.22. The van der Waals surface area contributed by atoms with Gasteiger partial charge < -0.3 is 5.32 Å². The lowest BCUT2D eigenvalue weighted by Crippen LogP contribution is -2.40. The molecule has 5 nitrogen and oxygen atoms in total. The van der Waals surface area contributed by atoms with Crippen molar-refractivity contribution in [2.45, 2.75) is 3.92 Å². The van der Waals surface area contributed by atoms with Gasteiger partial charge in [-0.1, -0.05) is 34.8 Å². The lowest BCUT2D eigenvalue weighted by molar-refractivity contribution is 0.225. The van der Waals surface area contributed by atoms with E-state index < -0.39 is 16.0 Å². The normalized spacial score (nSPS) is 10.8. The number of carbonyl (C=O) groups excluding carboxylic acids is 2. The lowest BCUT2D eigenvalue weighted by atomic mass is 10.3. The Morgan fingerprint density at radius 1 is 1.30 bits per heavy atom. The Kier molecular flexibility index (Phi) is 6.19. The molecule has 0 saturated heterocycles. The second-order valence-electron chi connectivity index (χ2n) is 3.43. The van der Waals surface area contributed by atoms with Crippen LogP contribution in [0.2, 0.25) is 5.02 Å². The minimum absolute atomic E-state index is 0.203. The molecule has 0 saturated carbocycles. The summed E-state index contributed by atoms with van der Waals surface area (Å²) in [7, 11) is 1.20. The number of rotatable bonds is 3. The van der Waals surface area contributed by atoms with Crippen LogP contribution in [-0.2, 0) is 0 Å². The van der Waals surface area contributed by atoms with Gasteiger partial charge >= 0.3 is 16.0 Å². The Labute approximate surface area is 133 Å². The Hall–Kier alpha value is -0.890. The maximum absolute atomic E-state index is 12.9. The number of amides is 4. The molecule has 4 amide bonds. The molecule has 0 radical (unpaired) electrons. The van der Waals surface area contributed by atoms with Gasteiger partial charge in [0.15, 0.2) is 0 Å². The number of carbonyl (C=O) groups is 2. The van der Waals surface area contributed by atoms with Gasteiger partial charge in [0.05, 0.1) is 0 Å². The molecule has 0 fully saturated rings. The van der Waals surface area contributed by atoms with Crippen LogP contribution in [0.4, 0.5) is 19.7 Å². The van der Waals surface area contributed by atoms with Crippen molar-refractivity contribution in [2.24, 2.45) is 0 Å². The fraction of sp³-hybridized carbons (Fsp3) is 0.200. The minimum atomic E-state index is -2.67. The maximum atomic E-state index is 12.9. The topological polar surface area (TPSA) is 61.4 Å². The maximum Gasteiger partial charge on any atom is 0.335 e. The van der Waals surface area contributed by atoms with Crippen LogP contribution in [0.15, 0.2) is 24.3 Å². The second kappa shape index (κ2) is 7.21. The summed E-state index contributed by atoms with van der Waals surface area (Å²) in [5.74, 6) is 0. The van der Waals surface area contributed by atoms with Crippen LogP contribution in [0.3, 0.4) is 0 Å². The Morgan fingerprint density at radius 2 is 1.85 bits per heavy atom. The monoisotopic (exact) mass is 359 g/mol. The van der Waals surface area contributed by atoms with Gasteiger partial charge in [0.25, 0.3) is 0 Å². The molecule has 1 aromatic rings. The smallest absolute Gasteiger partial charge is 0.308 e. The van der Waals surface area contributed by atoms with Gasteiger partial charge in [0.1, 0.15) is 0 Å². The highest BCUT2D eigenvalue weighted by molar-refractivity contribution is 8.01. The molecule has 0 unspecified atom stereocenters. The molecule has 0 aliphatic carbocycles. The number of nitrogens with zero attached hydrogens (tertiary/aromatic N) is 1. The molecule has 1 aromatic carbocycles. The van der Waals surface area contributed by atoms with E-state index in [1.165, 1.54) is 7.05 Å². The highest BCUT2D eigenvalue weighted by Crippen LogP contribution is 2.37. The summed E-state index contributed by atoms with van der Waals surface area (Å²) in [5.41, 5.74) is 0.435. The van der Waals surface area contributed by atoms with Gasteiger partial charge in [-0.15, -0.1) is 0 Å². The summed E-state index contributed by atoms with van der Waals surface area (Å²) in [5, 5.41) is 4.86. The third-order valence-corrected chi connectivity index (χ3v) is 3.16. The lowest BCUT2D eigenvalue weighted by Gasteiger charge is -2.19. The molecular weight excluding hydrogens is 352 g/mol. The van der Waals surface area contributed by atoms with E-state index in [4.69, 9.17) is 34.8 Å². The van der Waals surface area contributed by atoms with Crippen molar-refractivity contribution in [3.8, 4) is 0 Å². The van der Waals surface area contributed by atoms with Crippen LogP contribution in [0.25, 0.3) is 0 Å². The van der Waals surface area contributed by atoms with Gasteiger partial charge in [-0.2, -0.15) is 4.39 Å². The van der Waals surface area contributed by atoms with Crippen LogP contribution in [0.1, 0.15) is 0 Å². The average Bonchev–Trinajstić information content (AvgIpc) is 2.29. The zero-order valence-electron chi connectivity index (χ0n) is 9.99. The fourth-order valence-electron chi connectivity index (χ4n) is 1.07. The van der Waals surface area contributed by atoms with E-state index in [0.717, 1.165) is 4.31 Å². The van der Waals surface area contributed by atoms with E-state index in [1.807, 2.05) is 5.32 Å². The first-order chi connectivity index (χ1) is 9.17. The van der Waals surface area contributed by atoms with Crippen LogP contribution in [0, 0.1) is 0 Å². The number of anilines is 1. The summed E-state index contributed by atoms with van der Waals surface area (Å²) in [6, 6.07) is 4.56. The molecule has 0 spiro atoms. The van der Waals surface area contributed by atoms with Crippen molar-refractivity contribution >= 4 is 64.5 Å². The van der Waals surface area contributed by atoms with Crippen molar-refractivity contribution in [1.82, 2.24) is 9.62 Å². The number of hydrogen-bond donors (Lipinski definition) is 2. The van der Waals surface area contributed by atoms with Crippen LogP contribution in [0.5, 0.6) is 0 Å². The summed E-state index contributed by atoms with van der Waals surface area (Å²) in [6.07, 6.45) is 0. The van der Waals surface area contributed by atoms with E-state index >= 15 is 0 Å². The number of halogens is 4. The molecular formula is C10H9Cl3FN3O2S. The molecule has 20 heavy (non-hydrogen) atoms. The Balaban J connectivity index is 2.49. The Bertz CT molecular complexity index is 496. The molecule has 0 heterocycles. The largest absolute Gasteiger partial charge is 0.335 e. The molecule has 110 valence electrons. The second-order valence-corrected chi connectivity index (χ2v) is 6.84. The summed E-state index contributed by atoms with van der Waals surface area (Å²) < 4.78 is 11.0. The van der Waals surface area contributed by atoms with Crippen molar-refractivity contribution in [1.29, 1.82) is 0 Å². The quantitative estimate of drug-likeness (QED) is 0.626. The number of benzene rings is 1. The van der Waals surface area contributed by atoms with Crippen LogP contribution >= 0.6 is 46.8 Å². The van der Waals surface area contributed by atoms with Crippen molar-refractivity contribution in [3.05, 3.63) is 29.3 Å². The molecule has 0 atom stereocenters. The summed E-state index contributed by atoms with van der Waals surface area (Å²) in [6.45, 7) is 0. The third-order valence-electron chi connectivity index (χ3n) is 1.85. The zero-order valence-corrected chi connectivity index (χ0v) is 13.1. The number of nitrogens with one attached hydrogen (secondary N) is 2. The standard InChI is InChI=1S/C10H9Cl3FN3O2S/c1-17(20-10(12,13)14)9(19)16-8(18)15-7-4-2-6(11)3-5-7/h2-5H,1H3,(H2,15,16,18,19).